The van der Waals surface area contributed by atoms with Gasteiger partial charge < -0.3 is 4.98 Å². The average Bonchev–Trinajstić information content (AvgIpc) is 2.74. The Kier molecular flexibility index (Phi) is 3.49. The van der Waals surface area contributed by atoms with Crippen LogP contribution in [0.4, 0.5) is 0 Å². The van der Waals surface area contributed by atoms with E-state index >= 15 is 0 Å². The van der Waals surface area contributed by atoms with Gasteiger partial charge in [0.25, 0.3) is 0 Å². The normalized spacial score (nSPS) is 11.7. The largest absolute Gasteiger partial charge is 0.348 e. The molecule has 0 unspecified atom stereocenters. The first-order chi connectivity index (χ1) is 8.44. The van der Waals surface area contributed by atoms with Gasteiger partial charge in [0.05, 0.1) is 12.1 Å². The molecule has 2 rings (SSSR count). The Balaban J connectivity index is 2.26. The van der Waals surface area contributed by atoms with Crippen LogP contribution in [0.1, 0.15) is 22.4 Å². The van der Waals surface area contributed by atoms with E-state index in [0.717, 1.165) is 22.4 Å². The quantitative estimate of drug-likeness (QED) is 0.867. The number of nitrogens with one attached hydrogen (secondary N) is 1. The van der Waals surface area contributed by atoms with E-state index in [2.05, 4.69) is 9.97 Å². The Morgan fingerprint density at radius 1 is 1.39 bits per heavy atom. The zero-order chi connectivity index (χ0) is 13.2. The molecule has 0 fully saturated rings. The van der Waals surface area contributed by atoms with Crippen molar-refractivity contribution in [2.75, 3.05) is 0 Å². The molecule has 96 valence electrons. The van der Waals surface area contributed by atoms with Crippen molar-refractivity contribution in [3.63, 3.8) is 0 Å². The van der Waals surface area contributed by atoms with E-state index in [4.69, 9.17) is 5.14 Å². The van der Waals surface area contributed by atoms with Crippen LogP contribution < -0.4 is 5.14 Å². The maximum Gasteiger partial charge on any atom is 0.213 e. The number of hydrogen-bond acceptors (Lipinski definition) is 3. The minimum absolute atomic E-state index is 0.129. The number of rotatable bonds is 4. The molecule has 0 atom stereocenters. The van der Waals surface area contributed by atoms with Crippen molar-refractivity contribution in [2.45, 2.75) is 19.1 Å². The summed E-state index contributed by atoms with van der Waals surface area (Å²) in [6.07, 6.45) is 4.06. The van der Waals surface area contributed by atoms with Crippen LogP contribution in [-0.4, -0.2) is 18.4 Å². The zero-order valence-corrected chi connectivity index (χ0v) is 10.9. The molecule has 1 heterocycles. The Morgan fingerprint density at radius 2 is 2.17 bits per heavy atom. The second-order valence-corrected chi connectivity index (χ2v) is 5.94. The molecule has 5 nitrogen and oxygen atoms in total. The van der Waals surface area contributed by atoms with Gasteiger partial charge in [-0.2, -0.15) is 0 Å². The number of sulfonamides is 1. The summed E-state index contributed by atoms with van der Waals surface area (Å²) in [5.41, 5.74) is 3.69. The fourth-order valence-corrected chi connectivity index (χ4v) is 2.55. The molecule has 18 heavy (non-hydrogen) atoms. The van der Waals surface area contributed by atoms with Crippen LogP contribution in [-0.2, 0) is 22.2 Å². The highest BCUT2D eigenvalue weighted by Crippen LogP contribution is 2.15. The SMILES string of the molecule is Cc1ccc(Cc2cnc[nH]2)cc1CS(N)(=O)=O. The Morgan fingerprint density at radius 3 is 2.78 bits per heavy atom. The molecule has 6 heteroatoms. The molecule has 3 N–H and O–H groups in total. The summed E-state index contributed by atoms with van der Waals surface area (Å²) in [6, 6.07) is 5.76. The first-order valence-electron chi connectivity index (χ1n) is 5.50. The minimum Gasteiger partial charge on any atom is -0.348 e. The molecule has 1 aromatic carbocycles. The van der Waals surface area contributed by atoms with Gasteiger partial charge in [0.2, 0.25) is 10.0 Å². The summed E-state index contributed by atoms with van der Waals surface area (Å²) in [5.74, 6) is -0.129. The van der Waals surface area contributed by atoms with E-state index in [0.29, 0.717) is 6.42 Å². The van der Waals surface area contributed by atoms with E-state index in [1.807, 2.05) is 25.1 Å². The maximum atomic E-state index is 11.1. The van der Waals surface area contributed by atoms with Crippen LogP contribution in [0, 0.1) is 6.92 Å². The molecule has 0 aliphatic carbocycles. The highest BCUT2D eigenvalue weighted by atomic mass is 32.2. The van der Waals surface area contributed by atoms with Crippen LogP contribution in [0.2, 0.25) is 0 Å². The summed E-state index contributed by atoms with van der Waals surface area (Å²) in [4.78, 5) is 6.96. The van der Waals surface area contributed by atoms with Crippen LogP contribution in [0.25, 0.3) is 0 Å². The zero-order valence-electron chi connectivity index (χ0n) is 10.1. The molecule has 0 radical (unpaired) electrons. The summed E-state index contributed by atoms with van der Waals surface area (Å²) >= 11 is 0. The van der Waals surface area contributed by atoms with Gasteiger partial charge in [-0.3, -0.25) is 0 Å². The molecule has 0 amide bonds. The van der Waals surface area contributed by atoms with E-state index in [1.54, 1.807) is 12.5 Å². The van der Waals surface area contributed by atoms with Gasteiger partial charge in [-0.25, -0.2) is 18.5 Å². The number of nitrogens with two attached hydrogens (primary N) is 1. The van der Waals surface area contributed by atoms with Crippen molar-refractivity contribution in [1.29, 1.82) is 0 Å². The Labute approximate surface area is 106 Å². The molecular formula is C12H15N3O2S. The van der Waals surface area contributed by atoms with Gasteiger partial charge in [-0.15, -0.1) is 0 Å². The molecule has 0 spiro atoms. The van der Waals surface area contributed by atoms with Crippen molar-refractivity contribution in [1.82, 2.24) is 9.97 Å². The molecule has 0 saturated carbocycles. The minimum atomic E-state index is -3.50. The third kappa shape index (κ3) is 3.41. The standard InChI is InChI=1S/C12H15N3O2S/c1-9-2-3-10(5-12-6-14-8-15-12)4-11(9)7-18(13,16)17/h2-4,6,8H,5,7H2,1H3,(H,14,15)(H2,13,16,17). The fourth-order valence-electron chi connectivity index (χ4n) is 1.81. The Bertz CT molecular complexity index is 633. The molecule has 2 aromatic rings. The molecular weight excluding hydrogens is 250 g/mol. The van der Waals surface area contributed by atoms with Gasteiger partial charge >= 0.3 is 0 Å². The number of H-pyrrole nitrogens is 1. The van der Waals surface area contributed by atoms with E-state index < -0.39 is 10.0 Å². The molecule has 0 saturated heterocycles. The van der Waals surface area contributed by atoms with Crippen LogP contribution in [0.15, 0.2) is 30.7 Å². The second-order valence-electron chi connectivity index (χ2n) is 4.32. The van der Waals surface area contributed by atoms with Gasteiger partial charge in [0.1, 0.15) is 0 Å². The molecule has 0 aliphatic heterocycles. The summed E-state index contributed by atoms with van der Waals surface area (Å²) in [6.45, 7) is 1.88. The van der Waals surface area contributed by atoms with Crippen molar-refractivity contribution >= 4 is 10.0 Å². The number of aromatic amines is 1. The van der Waals surface area contributed by atoms with Crippen LogP contribution in [0.3, 0.4) is 0 Å². The predicted molar refractivity (Wildman–Crippen MR) is 69.4 cm³/mol. The molecule has 0 bridgehead atoms. The summed E-state index contributed by atoms with van der Waals surface area (Å²) in [7, 11) is -3.50. The van der Waals surface area contributed by atoms with Crippen molar-refractivity contribution in [3.8, 4) is 0 Å². The van der Waals surface area contributed by atoms with E-state index in [-0.39, 0.29) is 5.75 Å². The van der Waals surface area contributed by atoms with Gasteiger partial charge in [-0.1, -0.05) is 18.2 Å². The van der Waals surface area contributed by atoms with Crippen molar-refractivity contribution < 1.29 is 8.42 Å². The lowest BCUT2D eigenvalue weighted by atomic mass is 10.0. The summed E-state index contributed by atoms with van der Waals surface area (Å²) < 4.78 is 22.3. The second kappa shape index (κ2) is 4.91. The third-order valence-electron chi connectivity index (χ3n) is 2.72. The highest BCUT2D eigenvalue weighted by Gasteiger charge is 2.09. The smallest absolute Gasteiger partial charge is 0.213 e. The average molecular weight is 265 g/mol. The number of benzene rings is 1. The number of hydrogen-bond donors (Lipinski definition) is 2. The molecule has 1 aromatic heterocycles. The van der Waals surface area contributed by atoms with Crippen LogP contribution >= 0.6 is 0 Å². The topological polar surface area (TPSA) is 88.8 Å². The number of imidazole rings is 1. The highest BCUT2D eigenvalue weighted by molar-refractivity contribution is 7.88. The first-order valence-corrected chi connectivity index (χ1v) is 7.22. The molecule has 0 aliphatic rings. The van der Waals surface area contributed by atoms with E-state index in [1.165, 1.54) is 0 Å². The number of aromatic nitrogens is 2. The van der Waals surface area contributed by atoms with Crippen LogP contribution in [0.5, 0.6) is 0 Å². The lowest BCUT2D eigenvalue weighted by Gasteiger charge is -2.07. The lowest BCUT2D eigenvalue weighted by molar-refractivity contribution is 0.597. The van der Waals surface area contributed by atoms with Gasteiger partial charge in [0, 0.05) is 18.3 Å². The Hall–Kier alpha value is -1.66. The lowest BCUT2D eigenvalue weighted by Crippen LogP contribution is -2.15. The number of nitrogens with zero attached hydrogens (tertiary/aromatic N) is 1. The first kappa shape index (κ1) is 12.8. The fraction of sp³-hybridized carbons (Fsp3) is 0.250. The van der Waals surface area contributed by atoms with E-state index in [9.17, 15) is 8.42 Å². The number of primary sulfonamides is 1. The maximum absolute atomic E-state index is 11.1. The van der Waals surface area contributed by atoms with Gasteiger partial charge in [0.15, 0.2) is 0 Å². The predicted octanol–water partition coefficient (Wildman–Crippen LogP) is 1.10. The third-order valence-corrected chi connectivity index (χ3v) is 3.43. The monoisotopic (exact) mass is 265 g/mol. The van der Waals surface area contributed by atoms with Crippen molar-refractivity contribution in [2.24, 2.45) is 5.14 Å². The summed E-state index contributed by atoms with van der Waals surface area (Å²) in [5, 5.41) is 5.08. The van der Waals surface area contributed by atoms with Gasteiger partial charge in [-0.05, 0) is 23.6 Å². The number of aryl methyl sites for hydroxylation is 1. The van der Waals surface area contributed by atoms with Crippen molar-refractivity contribution in [3.05, 3.63) is 53.1 Å².